The van der Waals surface area contributed by atoms with Crippen LogP contribution in [0, 0.1) is 0 Å². The predicted molar refractivity (Wildman–Crippen MR) is 305 cm³/mol. The van der Waals surface area contributed by atoms with E-state index in [0.29, 0.717) is 49.2 Å². The first-order valence-electron chi connectivity index (χ1n) is 26.7. The summed E-state index contributed by atoms with van der Waals surface area (Å²) in [4.78, 5) is 58.4. The number of ether oxygens (including phenoxy) is 1. The molecule has 0 radical (unpaired) electrons. The fourth-order valence-corrected chi connectivity index (χ4v) is 11.4. The average molecular weight is 1160 g/mol. The monoisotopic (exact) mass is 1160 g/mol. The third-order valence-electron chi connectivity index (χ3n) is 14.2. The van der Waals surface area contributed by atoms with Gasteiger partial charge in [-0.05, 0) is 118 Å². The molecule has 0 aromatic heterocycles. The van der Waals surface area contributed by atoms with Crippen LogP contribution in [-0.4, -0.2) is 172 Å². The van der Waals surface area contributed by atoms with E-state index in [9.17, 15) is 65.5 Å². The quantitative estimate of drug-likeness (QED) is 0.0387. The summed E-state index contributed by atoms with van der Waals surface area (Å²) < 4.78 is 78.5. The number of carbonyl (C=O) groups excluding carboxylic acids is 4. The molecule has 2 aliphatic heterocycles. The van der Waals surface area contributed by atoms with Gasteiger partial charge in [0.25, 0.3) is 20.2 Å². The molecule has 0 saturated carbocycles. The zero-order valence-corrected chi connectivity index (χ0v) is 48.1. The molecule has 23 nitrogen and oxygen atoms in total. The van der Waals surface area contributed by atoms with Crippen LogP contribution in [-0.2, 0) is 50.2 Å². The van der Waals surface area contributed by atoms with E-state index in [1.165, 1.54) is 34.1 Å². The van der Waals surface area contributed by atoms with Crippen molar-refractivity contribution in [1.29, 1.82) is 0 Å². The fraction of sp³-hybridized carbons (Fsp3) is 0.446. The molecule has 0 spiro atoms. The molecular weight excluding hydrogens is 1090 g/mol. The van der Waals surface area contributed by atoms with Crippen molar-refractivity contribution in [2.75, 3.05) is 107 Å². The van der Waals surface area contributed by atoms with E-state index >= 15 is 0 Å². The molecule has 10 N–H and O–H groups in total. The molecule has 81 heavy (non-hydrogen) atoms. The smallest absolute Gasteiger partial charge is 0.294 e. The van der Waals surface area contributed by atoms with Gasteiger partial charge in [-0.15, -0.1) is 0 Å². The van der Waals surface area contributed by atoms with Crippen LogP contribution in [0.1, 0.15) is 71.9 Å². The molecule has 0 atom stereocenters. The zero-order valence-electron chi connectivity index (χ0n) is 46.5. The third kappa shape index (κ3) is 15.1. The Morgan fingerprint density at radius 1 is 0.642 bits per heavy atom. The maximum atomic E-state index is 13.6. The minimum Gasteiger partial charge on any atom is -0.457 e. The molecule has 3 aromatic rings. The first kappa shape index (κ1) is 63.2. The highest BCUT2D eigenvalue weighted by molar-refractivity contribution is 7.86. The van der Waals surface area contributed by atoms with Crippen LogP contribution in [0.2, 0.25) is 0 Å². The number of amides is 4. The second-order valence-electron chi connectivity index (χ2n) is 20.5. The molecule has 0 saturated heterocycles. The molecule has 0 bridgehead atoms. The van der Waals surface area contributed by atoms with Crippen molar-refractivity contribution in [3.63, 3.8) is 0 Å². The molecular formula is C56H75N8O15S2+. The van der Waals surface area contributed by atoms with Gasteiger partial charge in [0, 0.05) is 73.3 Å². The van der Waals surface area contributed by atoms with Gasteiger partial charge in [0.05, 0.1) is 79.2 Å². The molecule has 3 aromatic carbocycles. The number of aliphatic hydroxyl groups excluding tert-OH is 4. The zero-order chi connectivity index (χ0) is 59.5. The second-order valence-corrected chi connectivity index (χ2v) is 23.3. The lowest BCUT2D eigenvalue weighted by atomic mass is 9.81. The van der Waals surface area contributed by atoms with Gasteiger partial charge in [0.2, 0.25) is 29.3 Å². The van der Waals surface area contributed by atoms with Gasteiger partial charge in [-0.25, -0.2) is 0 Å². The number of rotatable bonds is 27. The highest BCUT2D eigenvalue weighted by atomic mass is 32.2. The number of hydrogen-bond donors (Lipinski definition) is 10. The molecule has 0 unspecified atom stereocenters. The van der Waals surface area contributed by atoms with Crippen molar-refractivity contribution in [2.45, 2.75) is 81.4 Å². The van der Waals surface area contributed by atoms with Crippen LogP contribution in [0.3, 0.4) is 0 Å². The molecule has 2 heterocycles. The molecule has 3 aliphatic rings. The van der Waals surface area contributed by atoms with E-state index in [4.69, 9.17) is 4.74 Å². The number of anilines is 3. The first-order chi connectivity index (χ1) is 38.3. The lowest BCUT2D eigenvalue weighted by Gasteiger charge is -2.32. The van der Waals surface area contributed by atoms with Gasteiger partial charge in [-0.1, -0.05) is 19.9 Å². The number of hydrogen-bond acceptors (Lipinski definition) is 16. The Kier molecular flexibility index (Phi) is 21.2. The maximum absolute atomic E-state index is 13.6. The Balaban J connectivity index is 1.59. The summed E-state index contributed by atoms with van der Waals surface area (Å²) in [5, 5.41) is 48.5. The molecule has 6 rings (SSSR count). The molecule has 1 aliphatic carbocycles. The number of fused-ring (bicyclic) bond motifs is 2. The summed E-state index contributed by atoms with van der Waals surface area (Å²) in [7, 11) is -9.05. The first-order valence-corrected chi connectivity index (χ1v) is 29.5. The third-order valence-corrected chi connectivity index (χ3v) is 15.9. The van der Waals surface area contributed by atoms with Crippen molar-refractivity contribution in [3.05, 3.63) is 113 Å². The van der Waals surface area contributed by atoms with Crippen LogP contribution < -0.4 is 40.7 Å². The Morgan fingerprint density at radius 3 is 1.64 bits per heavy atom. The summed E-state index contributed by atoms with van der Waals surface area (Å²) in [6, 6.07) is 13.7. The SMILES string of the molecule is CCN1C(=CC=C2CCCC(C=CC3=[N+](CC)c4ccc(S(=O)(=O)O)cc4C3(C)C)=C2Oc2ccc(N(CC(=O)NCCO)CC(=O)NCCO)c(N(CC(=O)NCCO)CC(=O)NCCO)c2)C(C)(C)c2cc(S(=O)(=O)O)ccc21. The summed E-state index contributed by atoms with van der Waals surface area (Å²) in [5.74, 6) is -1.81. The van der Waals surface area contributed by atoms with Crippen LogP contribution in [0.15, 0.2) is 111 Å². The summed E-state index contributed by atoms with van der Waals surface area (Å²) in [5.41, 5.74) is 4.78. The number of benzene rings is 3. The van der Waals surface area contributed by atoms with Crippen molar-refractivity contribution in [2.24, 2.45) is 0 Å². The maximum Gasteiger partial charge on any atom is 0.294 e. The molecule has 4 amide bonds. The number of likely N-dealkylation sites (N-methyl/N-ethyl adjacent to an activating group) is 1. The lowest BCUT2D eigenvalue weighted by Crippen LogP contribution is -2.46. The number of aliphatic hydroxyl groups is 4. The largest absolute Gasteiger partial charge is 0.457 e. The number of allylic oxidation sites excluding steroid dienone is 7. The van der Waals surface area contributed by atoms with Crippen LogP contribution in [0.25, 0.3) is 0 Å². The Morgan fingerprint density at radius 2 is 1.15 bits per heavy atom. The molecule has 0 fully saturated rings. The number of nitrogens with zero attached hydrogens (tertiary/aromatic N) is 4. The fourth-order valence-electron chi connectivity index (χ4n) is 10.4. The minimum absolute atomic E-state index is 0.103. The normalized spacial score (nSPS) is 16.7. The predicted octanol–water partition coefficient (Wildman–Crippen LogP) is 2.32. The van der Waals surface area contributed by atoms with Crippen molar-refractivity contribution >= 4 is 72.3 Å². The van der Waals surface area contributed by atoms with Gasteiger partial charge >= 0.3 is 0 Å². The van der Waals surface area contributed by atoms with Crippen molar-refractivity contribution in [1.82, 2.24) is 21.3 Å². The van der Waals surface area contributed by atoms with Gasteiger partial charge in [-0.2, -0.15) is 21.4 Å². The van der Waals surface area contributed by atoms with Crippen molar-refractivity contribution < 1.29 is 74.9 Å². The van der Waals surface area contributed by atoms with Crippen LogP contribution in [0.5, 0.6) is 5.75 Å². The van der Waals surface area contributed by atoms with E-state index in [0.717, 1.165) is 33.9 Å². The van der Waals surface area contributed by atoms with Crippen LogP contribution >= 0.6 is 0 Å². The molecule has 440 valence electrons. The average Bonchev–Trinajstić information content (AvgIpc) is 3.93. The van der Waals surface area contributed by atoms with Crippen LogP contribution in [0.4, 0.5) is 22.7 Å². The second kappa shape index (κ2) is 27.2. The van der Waals surface area contributed by atoms with Gasteiger partial charge in [-0.3, -0.25) is 28.3 Å². The molecule has 25 heteroatoms. The van der Waals surface area contributed by atoms with E-state index in [2.05, 4.69) is 30.7 Å². The van der Waals surface area contributed by atoms with Gasteiger partial charge < -0.3 is 61.1 Å². The van der Waals surface area contributed by atoms with Crippen molar-refractivity contribution in [3.8, 4) is 5.75 Å². The lowest BCUT2D eigenvalue weighted by molar-refractivity contribution is -0.433. The van der Waals surface area contributed by atoms with E-state index in [1.54, 1.807) is 30.3 Å². The summed E-state index contributed by atoms with van der Waals surface area (Å²) in [6.45, 7) is 8.89. The van der Waals surface area contributed by atoms with E-state index in [1.807, 2.05) is 65.8 Å². The topological polar surface area (TPSA) is 328 Å². The Hall–Kier alpha value is -6.97. The Labute approximate surface area is 472 Å². The highest BCUT2D eigenvalue weighted by Crippen LogP contribution is 2.49. The summed E-state index contributed by atoms with van der Waals surface area (Å²) >= 11 is 0. The number of carbonyl (C=O) groups is 4. The highest BCUT2D eigenvalue weighted by Gasteiger charge is 2.45. The summed E-state index contributed by atoms with van der Waals surface area (Å²) in [6.07, 6.45) is 9.44. The van der Waals surface area contributed by atoms with Gasteiger partial charge in [0.1, 0.15) is 18.1 Å². The Bertz CT molecular complexity index is 3220. The standard InChI is InChI=1S/C56H74N8O15S2/c1-7-63-44-18-15-40(80(73,74)75)31-42(44)55(3,4)48(63)20-12-37-10-9-11-38(13-21-49-56(5,6)43-32-41(81(76,77)78)16-19-45(43)64(49)8-2)54(37)79-39-14-17-46(61(33-50(69)57-22-26-65)34-51(70)58-23-27-66)47(30-39)62(35-52(71)59-24-28-67)36-53(72)60-25-29-68/h12-21,30-32,65-68H,7-11,22-29,33-36H2,1-6H3,(H5-,57,58,59,60,69,70,71,72,73,74,75,76,77,78)/p+1. The minimum atomic E-state index is -4.52. The van der Waals surface area contributed by atoms with E-state index < -0.39 is 80.9 Å². The number of nitrogens with one attached hydrogen (secondary N) is 4. The van der Waals surface area contributed by atoms with Gasteiger partial charge in [0.15, 0.2) is 5.71 Å². The van der Waals surface area contributed by atoms with E-state index in [-0.39, 0.29) is 79.5 Å².